The first-order valence-electron chi connectivity index (χ1n) is 14.8. The molecule has 2 aliphatic rings. The summed E-state index contributed by atoms with van der Waals surface area (Å²) in [6, 6.07) is 0. The number of rotatable bonds is 19. The minimum absolute atomic E-state index is 0.00364. The largest absolute Gasteiger partial charge is 0.378 e. The molecule has 43 heavy (non-hydrogen) atoms. The minimum atomic E-state index is -1.01. The standard InChI is InChI=1S/C31H47N3O9/c1-22(2)14-20-41-23(3)12-17-32(24(35)13-18-33-25(36)8-9-26(33)37)19-15-31(6,7)42-21-16-30(4,5)29(40)43-34-27(38)10-11-28(34)39/h8-9,23H,1,10-21H2,2-7H3. The SMILES string of the molecule is C=C(C)CCOC(C)CCN(CCC(C)(C)OCCC(C)(C)C(=O)ON1C(=O)CCC1=O)C(=O)CCN1C(=O)C=CC1=O. The fourth-order valence-electron chi connectivity index (χ4n) is 4.26. The van der Waals surface area contributed by atoms with Gasteiger partial charge < -0.3 is 19.2 Å². The van der Waals surface area contributed by atoms with Gasteiger partial charge in [0.2, 0.25) is 5.91 Å². The van der Waals surface area contributed by atoms with E-state index >= 15 is 0 Å². The molecule has 12 nitrogen and oxygen atoms in total. The summed E-state index contributed by atoms with van der Waals surface area (Å²) >= 11 is 0. The Morgan fingerprint density at radius 2 is 1.56 bits per heavy atom. The molecule has 5 amide bonds. The lowest BCUT2D eigenvalue weighted by molar-refractivity contribution is -0.205. The molecule has 0 aliphatic carbocycles. The summed E-state index contributed by atoms with van der Waals surface area (Å²) in [5, 5.41) is 0.541. The van der Waals surface area contributed by atoms with Crippen LogP contribution in [0, 0.1) is 5.41 Å². The van der Waals surface area contributed by atoms with Crippen molar-refractivity contribution in [2.24, 2.45) is 5.41 Å². The molecule has 0 aromatic rings. The molecule has 0 N–H and O–H groups in total. The highest BCUT2D eigenvalue weighted by Gasteiger charge is 2.38. The van der Waals surface area contributed by atoms with Gasteiger partial charge in [-0.25, -0.2) is 4.79 Å². The third-order valence-corrected chi connectivity index (χ3v) is 7.48. The Balaban J connectivity index is 1.91. The molecule has 0 saturated carbocycles. The van der Waals surface area contributed by atoms with Crippen LogP contribution in [0.15, 0.2) is 24.3 Å². The molecule has 1 unspecified atom stereocenters. The van der Waals surface area contributed by atoms with Gasteiger partial charge in [-0.1, -0.05) is 5.57 Å². The van der Waals surface area contributed by atoms with E-state index in [1.165, 1.54) is 12.2 Å². The molecule has 0 radical (unpaired) electrons. The van der Waals surface area contributed by atoms with Gasteiger partial charge in [-0.3, -0.25) is 28.9 Å². The molecule has 0 aromatic carbocycles. The van der Waals surface area contributed by atoms with E-state index in [1.54, 1.807) is 18.7 Å². The van der Waals surface area contributed by atoms with Crippen molar-refractivity contribution in [3.05, 3.63) is 24.3 Å². The zero-order valence-electron chi connectivity index (χ0n) is 26.4. The van der Waals surface area contributed by atoms with Gasteiger partial charge in [0.1, 0.15) is 0 Å². The van der Waals surface area contributed by atoms with Crippen LogP contribution in [0.3, 0.4) is 0 Å². The molecule has 240 valence electrons. The van der Waals surface area contributed by atoms with Crippen LogP contribution in [0.4, 0.5) is 0 Å². The molecule has 0 aromatic heterocycles. The molecule has 1 saturated heterocycles. The average molecular weight is 606 g/mol. The third-order valence-electron chi connectivity index (χ3n) is 7.48. The van der Waals surface area contributed by atoms with E-state index < -0.39 is 40.6 Å². The summed E-state index contributed by atoms with van der Waals surface area (Å²) < 4.78 is 11.9. The van der Waals surface area contributed by atoms with Crippen molar-refractivity contribution in [2.75, 3.05) is 32.8 Å². The summed E-state index contributed by atoms with van der Waals surface area (Å²) in [6.45, 7) is 16.4. The monoisotopic (exact) mass is 605 g/mol. The maximum absolute atomic E-state index is 13.2. The van der Waals surface area contributed by atoms with Gasteiger partial charge in [-0.15, -0.1) is 11.6 Å². The van der Waals surface area contributed by atoms with Crippen LogP contribution in [0.2, 0.25) is 0 Å². The lowest BCUT2D eigenvalue weighted by atomic mass is 9.90. The van der Waals surface area contributed by atoms with Crippen molar-refractivity contribution < 1.29 is 43.1 Å². The third kappa shape index (κ3) is 11.7. The summed E-state index contributed by atoms with van der Waals surface area (Å²) in [4.78, 5) is 81.1. The number of hydroxylamine groups is 2. The first kappa shape index (κ1) is 35.8. The highest BCUT2D eigenvalue weighted by atomic mass is 16.7. The van der Waals surface area contributed by atoms with Gasteiger partial charge in [0.15, 0.2) is 0 Å². The summed E-state index contributed by atoms with van der Waals surface area (Å²) in [7, 11) is 0. The summed E-state index contributed by atoms with van der Waals surface area (Å²) in [5.74, 6) is -2.80. The molecular weight excluding hydrogens is 558 g/mol. The number of carbonyl (C=O) groups is 6. The van der Waals surface area contributed by atoms with Crippen LogP contribution >= 0.6 is 0 Å². The fourth-order valence-corrected chi connectivity index (χ4v) is 4.26. The quantitative estimate of drug-likeness (QED) is 0.160. The van der Waals surface area contributed by atoms with Crippen molar-refractivity contribution in [2.45, 2.75) is 98.2 Å². The van der Waals surface area contributed by atoms with E-state index in [4.69, 9.17) is 14.3 Å². The molecule has 2 rings (SSSR count). The predicted octanol–water partition coefficient (Wildman–Crippen LogP) is 3.10. The van der Waals surface area contributed by atoms with Crippen molar-refractivity contribution >= 4 is 35.5 Å². The van der Waals surface area contributed by atoms with Crippen molar-refractivity contribution in [3.63, 3.8) is 0 Å². The molecule has 1 atom stereocenters. The summed E-state index contributed by atoms with van der Waals surface area (Å²) in [6.07, 6.45) is 4.47. The second-order valence-corrected chi connectivity index (χ2v) is 12.4. The molecule has 1 fully saturated rings. The van der Waals surface area contributed by atoms with Gasteiger partial charge >= 0.3 is 5.97 Å². The average Bonchev–Trinajstić information content (AvgIpc) is 3.41. The van der Waals surface area contributed by atoms with Gasteiger partial charge in [0.05, 0.1) is 23.7 Å². The second-order valence-electron chi connectivity index (χ2n) is 12.4. The first-order chi connectivity index (χ1) is 20.0. The first-order valence-corrected chi connectivity index (χ1v) is 14.8. The molecule has 2 heterocycles. The summed E-state index contributed by atoms with van der Waals surface area (Å²) in [5.41, 5.74) is -0.641. The van der Waals surface area contributed by atoms with Crippen LogP contribution in [0.5, 0.6) is 0 Å². The van der Waals surface area contributed by atoms with E-state index in [0.717, 1.165) is 16.9 Å². The number of nitrogens with zero attached hydrogens (tertiary/aromatic N) is 3. The zero-order valence-corrected chi connectivity index (χ0v) is 26.4. The second kappa shape index (κ2) is 15.9. The van der Waals surface area contributed by atoms with Crippen molar-refractivity contribution in [1.29, 1.82) is 0 Å². The van der Waals surface area contributed by atoms with E-state index in [-0.39, 0.29) is 50.8 Å². The number of hydrogen-bond acceptors (Lipinski definition) is 9. The van der Waals surface area contributed by atoms with Gasteiger partial charge in [-0.05, 0) is 67.2 Å². The fraction of sp³-hybridized carbons (Fsp3) is 0.677. The number of imide groups is 2. The minimum Gasteiger partial charge on any atom is -0.378 e. The number of carbonyl (C=O) groups excluding carboxylic acids is 6. The molecule has 2 aliphatic heterocycles. The molecule has 0 spiro atoms. The lowest BCUT2D eigenvalue weighted by Crippen LogP contribution is -2.41. The van der Waals surface area contributed by atoms with Gasteiger partial charge in [0.25, 0.3) is 23.6 Å². The van der Waals surface area contributed by atoms with E-state index in [2.05, 4.69) is 6.58 Å². The Hall–Kier alpha value is -3.38. The van der Waals surface area contributed by atoms with Crippen LogP contribution in [0.25, 0.3) is 0 Å². The topological polar surface area (TPSA) is 140 Å². The zero-order chi connectivity index (χ0) is 32.4. The van der Waals surface area contributed by atoms with E-state index in [9.17, 15) is 28.8 Å². The predicted molar refractivity (Wildman–Crippen MR) is 157 cm³/mol. The van der Waals surface area contributed by atoms with E-state index in [0.29, 0.717) is 37.6 Å². The highest BCUT2D eigenvalue weighted by Crippen LogP contribution is 2.26. The van der Waals surface area contributed by atoms with Crippen LogP contribution in [-0.2, 0) is 43.1 Å². The Morgan fingerprint density at radius 3 is 2.14 bits per heavy atom. The van der Waals surface area contributed by atoms with Crippen LogP contribution in [-0.4, -0.2) is 94.9 Å². The molecule has 0 bridgehead atoms. The Bertz CT molecular complexity index is 1080. The van der Waals surface area contributed by atoms with E-state index in [1.807, 2.05) is 27.7 Å². The highest BCUT2D eigenvalue weighted by molar-refractivity contribution is 6.13. The normalized spacial score (nSPS) is 16.3. The van der Waals surface area contributed by atoms with Crippen molar-refractivity contribution in [1.82, 2.24) is 14.9 Å². The lowest BCUT2D eigenvalue weighted by Gasteiger charge is -2.32. The number of amides is 5. The number of hydrogen-bond donors (Lipinski definition) is 0. The van der Waals surface area contributed by atoms with Crippen LogP contribution < -0.4 is 0 Å². The Labute approximate surface area is 254 Å². The maximum Gasteiger partial charge on any atom is 0.338 e. The smallest absolute Gasteiger partial charge is 0.338 e. The number of ether oxygens (including phenoxy) is 2. The van der Waals surface area contributed by atoms with Gasteiger partial charge in [-0.2, -0.15) is 0 Å². The maximum atomic E-state index is 13.2. The Morgan fingerprint density at radius 1 is 0.953 bits per heavy atom. The van der Waals surface area contributed by atoms with Gasteiger partial charge in [0, 0.05) is 57.7 Å². The molecule has 12 heteroatoms. The molecular formula is C31H47N3O9. The van der Waals surface area contributed by atoms with Crippen molar-refractivity contribution in [3.8, 4) is 0 Å². The van der Waals surface area contributed by atoms with Crippen LogP contribution in [0.1, 0.15) is 86.5 Å². The Kier molecular flexibility index (Phi) is 13.2.